The fraction of sp³-hybridized carbons (Fsp3) is 0.542. The third-order valence-electron chi connectivity index (χ3n) is 7.73. The van der Waals surface area contributed by atoms with E-state index in [2.05, 4.69) is 44.5 Å². The van der Waals surface area contributed by atoms with Crippen LogP contribution in [0.5, 0.6) is 0 Å². The molecule has 7 nitrogen and oxygen atoms in total. The molecule has 1 saturated carbocycles. The minimum Gasteiger partial charge on any atom is -0.337 e. The second-order valence-electron chi connectivity index (χ2n) is 10.3. The fourth-order valence-electron chi connectivity index (χ4n) is 6.19. The number of hydrogen-bond acceptors (Lipinski definition) is 5. The topological polar surface area (TPSA) is 64.6 Å². The zero-order chi connectivity index (χ0) is 23.5. The van der Waals surface area contributed by atoms with E-state index >= 15 is 0 Å². The Kier molecular flexibility index (Phi) is 4.98. The second-order valence-corrected chi connectivity index (χ2v) is 10.3. The van der Waals surface area contributed by atoms with Crippen molar-refractivity contribution in [3.05, 3.63) is 53.9 Å². The summed E-state index contributed by atoms with van der Waals surface area (Å²) in [5.41, 5.74) is 0.836. The summed E-state index contributed by atoms with van der Waals surface area (Å²) in [6.07, 6.45) is 0.157. The third-order valence-corrected chi connectivity index (χ3v) is 7.73. The van der Waals surface area contributed by atoms with Crippen LogP contribution in [-0.4, -0.2) is 70.1 Å². The molecule has 0 radical (unpaired) electrons. The van der Waals surface area contributed by atoms with Crippen molar-refractivity contribution in [3.8, 4) is 0 Å². The van der Waals surface area contributed by atoms with Crippen molar-refractivity contribution in [2.24, 2.45) is 5.41 Å². The number of piperazine rings is 1. The summed E-state index contributed by atoms with van der Waals surface area (Å²) in [5.74, 6) is 0.286. The average Bonchev–Trinajstić information content (AvgIpc) is 2.76. The number of carbonyl (C=O) groups is 1. The van der Waals surface area contributed by atoms with Gasteiger partial charge in [0.15, 0.2) is 0 Å². The largest absolute Gasteiger partial charge is 0.419 e. The number of nitrogens with zero attached hydrogens (tertiary/aromatic N) is 5. The molecule has 1 N–H and O–H groups in total. The number of piperidine rings is 1. The minimum absolute atomic E-state index is 0.0189. The number of likely N-dealkylation sites (tertiary alicyclic amines) is 1. The van der Waals surface area contributed by atoms with Gasteiger partial charge in [0.05, 0.1) is 17.6 Å². The Morgan fingerprint density at radius 3 is 2.32 bits per heavy atom. The molecule has 5 fully saturated rings. The number of urea groups is 1. The third kappa shape index (κ3) is 3.87. The van der Waals surface area contributed by atoms with E-state index in [0.717, 1.165) is 51.3 Å². The number of hydrogen-bond donors (Lipinski definition) is 1. The molecule has 2 aromatic rings. The van der Waals surface area contributed by atoms with E-state index < -0.39 is 11.7 Å². The van der Waals surface area contributed by atoms with Crippen LogP contribution in [0.2, 0.25) is 0 Å². The lowest BCUT2D eigenvalue weighted by molar-refractivity contribution is -0.138. The van der Waals surface area contributed by atoms with E-state index in [1.807, 2.05) is 15.9 Å². The van der Waals surface area contributed by atoms with Gasteiger partial charge >= 0.3 is 12.2 Å². The van der Waals surface area contributed by atoms with Gasteiger partial charge in [0.2, 0.25) is 5.95 Å². The van der Waals surface area contributed by atoms with Gasteiger partial charge in [-0.1, -0.05) is 30.3 Å². The van der Waals surface area contributed by atoms with Crippen LogP contribution in [-0.2, 0) is 12.7 Å². The summed E-state index contributed by atoms with van der Waals surface area (Å²) in [4.78, 5) is 26.9. The van der Waals surface area contributed by atoms with Gasteiger partial charge in [0.1, 0.15) is 0 Å². The Labute approximate surface area is 196 Å². The van der Waals surface area contributed by atoms with Gasteiger partial charge in [-0.3, -0.25) is 4.90 Å². The molecular weight excluding hydrogens is 445 g/mol. The van der Waals surface area contributed by atoms with E-state index in [9.17, 15) is 18.0 Å². The van der Waals surface area contributed by atoms with Gasteiger partial charge in [-0.2, -0.15) is 13.2 Å². The number of amides is 2. The number of fused-ring (bicyclic) bond motifs is 2. The predicted octanol–water partition coefficient (Wildman–Crippen LogP) is 3.13. The Morgan fingerprint density at radius 1 is 1.06 bits per heavy atom. The summed E-state index contributed by atoms with van der Waals surface area (Å²) < 4.78 is 38.2. The van der Waals surface area contributed by atoms with Crippen LogP contribution in [0.1, 0.15) is 30.4 Å². The highest BCUT2D eigenvalue weighted by atomic mass is 19.4. The van der Waals surface area contributed by atoms with Crippen LogP contribution in [0.15, 0.2) is 42.7 Å². The Morgan fingerprint density at radius 2 is 1.71 bits per heavy atom. The number of halogens is 3. The first kappa shape index (κ1) is 21.6. The summed E-state index contributed by atoms with van der Waals surface area (Å²) >= 11 is 0. The lowest BCUT2D eigenvalue weighted by Crippen LogP contribution is -2.73. The minimum atomic E-state index is -4.45. The van der Waals surface area contributed by atoms with Crippen molar-refractivity contribution in [1.82, 2.24) is 25.1 Å². The van der Waals surface area contributed by atoms with Crippen molar-refractivity contribution in [3.63, 3.8) is 0 Å². The van der Waals surface area contributed by atoms with Crippen LogP contribution < -0.4 is 10.2 Å². The second kappa shape index (κ2) is 7.83. The van der Waals surface area contributed by atoms with E-state index in [0.29, 0.717) is 18.5 Å². The van der Waals surface area contributed by atoms with Crippen molar-refractivity contribution in [1.29, 1.82) is 0 Å². The van der Waals surface area contributed by atoms with Crippen LogP contribution in [0.4, 0.5) is 23.9 Å². The quantitative estimate of drug-likeness (QED) is 0.741. The molecule has 2 amide bonds. The standard InChI is InChI=1S/C24H27F3N6O/c25-24(26,27)17-9-28-21(29-10-17)32-12-19-6-20(13-32)33(19)22(34)30-18-7-23(8-18)14-31(15-23)11-16-4-2-1-3-5-16/h1-5,9-10,18-20H,6-8,11-15H2,(H,30,34). The SMILES string of the molecule is O=C(NC1CC2(C1)CN(Cc1ccccc1)C2)N1C2CC1CN(c1ncc(C(F)(F)F)cn1)C2. The molecule has 180 valence electrons. The first-order chi connectivity index (χ1) is 16.3. The van der Waals surface area contributed by atoms with Gasteiger partial charge in [-0.05, 0) is 30.2 Å². The molecule has 1 aliphatic carbocycles. The number of aromatic nitrogens is 2. The normalized spacial score (nSPS) is 26.0. The zero-order valence-electron chi connectivity index (χ0n) is 18.7. The van der Waals surface area contributed by atoms with E-state index in [-0.39, 0.29) is 30.1 Å². The Bertz CT molecular complexity index is 1040. The molecule has 2 bridgehead atoms. The highest BCUT2D eigenvalue weighted by Crippen LogP contribution is 2.49. The molecule has 4 saturated heterocycles. The van der Waals surface area contributed by atoms with Crippen LogP contribution >= 0.6 is 0 Å². The van der Waals surface area contributed by atoms with Gasteiger partial charge < -0.3 is 15.1 Å². The summed E-state index contributed by atoms with van der Waals surface area (Å²) in [6.45, 7) is 4.24. The van der Waals surface area contributed by atoms with Gasteiger partial charge in [0.25, 0.3) is 0 Å². The van der Waals surface area contributed by atoms with E-state index in [1.54, 1.807) is 0 Å². The maximum atomic E-state index is 12.9. The number of benzene rings is 1. The van der Waals surface area contributed by atoms with E-state index in [1.165, 1.54) is 5.56 Å². The molecule has 10 heteroatoms. The Hall–Kier alpha value is -2.88. The first-order valence-electron chi connectivity index (χ1n) is 11.8. The number of nitrogens with one attached hydrogen (secondary N) is 1. The van der Waals surface area contributed by atoms with Crippen molar-refractivity contribution in [2.45, 2.75) is 50.1 Å². The molecule has 5 heterocycles. The summed E-state index contributed by atoms with van der Waals surface area (Å²) in [6, 6.07) is 10.8. The maximum absolute atomic E-state index is 12.9. The predicted molar refractivity (Wildman–Crippen MR) is 119 cm³/mol. The molecule has 4 aliphatic heterocycles. The summed E-state index contributed by atoms with van der Waals surface area (Å²) in [7, 11) is 0. The lowest BCUT2D eigenvalue weighted by atomic mass is 9.60. The smallest absolute Gasteiger partial charge is 0.337 e. The fourth-order valence-corrected chi connectivity index (χ4v) is 6.19. The molecule has 1 aromatic carbocycles. The molecule has 7 rings (SSSR count). The average molecular weight is 473 g/mol. The lowest BCUT2D eigenvalue weighted by Gasteiger charge is -2.60. The zero-order valence-corrected chi connectivity index (χ0v) is 18.7. The van der Waals surface area contributed by atoms with Crippen LogP contribution in [0, 0.1) is 5.41 Å². The highest BCUT2D eigenvalue weighted by molar-refractivity contribution is 5.77. The van der Waals surface area contributed by atoms with Crippen molar-refractivity contribution in [2.75, 3.05) is 31.1 Å². The summed E-state index contributed by atoms with van der Waals surface area (Å²) in [5, 5.41) is 3.21. The maximum Gasteiger partial charge on any atom is 0.419 e. The van der Waals surface area contributed by atoms with Crippen LogP contribution in [0.25, 0.3) is 0 Å². The molecule has 2 unspecified atom stereocenters. The number of anilines is 1. The van der Waals surface area contributed by atoms with Gasteiger partial charge in [0, 0.05) is 51.2 Å². The van der Waals surface area contributed by atoms with Crippen molar-refractivity contribution >= 4 is 12.0 Å². The molecular formula is C24H27F3N6O. The number of carbonyl (C=O) groups excluding carboxylic acids is 1. The molecule has 5 aliphatic rings. The molecule has 1 spiro atoms. The highest BCUT2D eigenvalue weighted by Gasteiger charge is 2.54. The number of alkyl halides is 3. The number of rotatable bonds is 4. The van der Waals surface area contributed by atoms with Gasteiger partial charge in [-0.25, -0.2) is 14.8 Å². The monoisotopic (exact) mass is 472 g/mol. The van der Waals surface area contributed by atoms with Gasteiger partial charge in [-0.15, -0.1) is 0 Å². The van der Waals surface area contributed by atoms with Crippen molar-refractivity contribution < 1.29 is 18.0 Å². The van der Waals surface area contributed by atoms with Crippen LogP contribution in [0.3, 0.4) is 0 Å². The molecule has 1 aromatic heterocycles. The first-order valence-corrected chi connectivity index (χ1v) is 11.8. The van der Waals surface area contributed by atoms with E-state index in [4.69, 9.17) is 0 Å². The molecule has 34 heavy (non-hydrogen) atoms. The molecule has 2 atom stereocenters. The Balaban J connectivity index is 0.961.